The van der Waals surface area contributed by atoms with Crippen molar-refractivity contribution in [2.24, 2.45) is 0 Å². The van der Waals surface area contributed by atoms with Crippen LogP contribution in [0.4, 0.5) is 0 Å². The Balaban J connectivity index is 3.35. The Bertz CT molecular complexity index is 437. The third-order valence-corrected chi connectivity index (χ3v) is 4.19. The van der Waals surface area contributed by atoms with Gasteiger partial charge in [-0.15, -0.1) is 0 Å². The number of carboxylic acid groups (broad SMARTS) is 4. The molecule has 0 amide bonds. The highest BCUT2D eigenvalue weighted by Gasteiger charge is 2.35. The molecule has 0 radical (unpaired) electrons. The Morgan fingerprint density at radius 3 is 0.833 bits per heavy atom. The van der Waals surface area contributed by atoms with E-state index in [1.807, 2.05) is 0 Å². The van der Waals surface area contributed by atoms with Crippen molar-refractivity contribution in [2.45, 2.75) is 0 Å². The summed E-state index contributed by atoms with van der Waals surface area (Å²) in [6, 6.07) is 0. The van der Waals surface area contributed by atoms with Gasteiger partial charge in [0, 0.05) is 0 Å². The molecule has 1 aliphatic heterocycles. The van der Waals surface area contributed by atoms with E-state index in [0.717, 1.165) is 0 Å². The number of carboxylic acids is 4. The van der Waals surface area contributed by atoms with E-state index in [-0.39, 0.29) is 23.5 Å². The van der Waals surface area contributed by atoms with E-state index in [4.69, 9.17) is 20.4 Å². The van der Waals surface area contributed by atoms with Crippen LogP contribution in [0.3, 0.4) is 0 Å². The smallest absolute Gasteiger partial charge is 0.343 e. The van der Waals surface area contributed by atoms with E-state index in [1.54, 1.807) is 0 Å². The molecule has 0 saturated carbocycles. The summed E-state index contributed by atoms with van der Waals surface area (Å²) in [7, 11) is 0. The molecule has 0 aliphatic carbocycles. The van der Waals surface area contributed by atoms with Crippen LogP contribution >= 0.6 is 23.5 Å². The molecule has 0 aromatic carbocycles. The molecule has 0 saturated heterocycles. The van der Waals surface area contributed by atoms with Crippen LogP contribution < -0.4 is 0 Å². The largest absolute Gasteiger partial charge is 0.477 e. The van der Waals surface area contributed by atoms with Crippen molar-refractivity contribution in [3.8, 4) is 0 Å². The third-order valence-electron chi connectivity index (χ3n) is 1.60. The summed E-state index contributed by atoms with van der Waals surface area (Å²) in [6.45, 7) is 0. The molecule has 1 heterocycles. The summed E-state index contributed by atoms with van der Waals surface area (Å²) in [5, 5.41) is 35.1. The number of hydrogen-bond acceptors (Lipinski definition) is 6. The number of carbonyl (C=O) groups is 4. The number of hydrogen-bond donors (Lipinski definition) is 4. The van der Waals surface area contributed by atoms with Gasteiger partial charge in [0.15, 0.2) is 0 Å². The van der Waals surface area contributed by atoms with E-state index >= 15 is 0 Å². The second-order valence-corrected chi connectivity index (χ2v) is 4.78. The van der Waals surface area contributed by atoms with Gasteiger partial charge in [0.1, 0.15) is 19.6 Å². The summed E-state index contributed by atoms with van der Waals surface area (Å²) in [5.41, 5.74) is 0. The topological polar surface area (TPSA) is 149 Å². The SMILES string of the molecule is O=C(O)C1=C(C(=O)O)SC(C(=O)O)=C(C(=O)O)S1. The average molecular weight is 292 g/mol. The lowest BCUT2D eigenvalue weighted by Gasteiger charge is -2.16. The van der Waals surface area contributed by atoms with Crippen molar-refractivity contribution < 1.29 is 39.6 Å². The minimum absolute atomic E-state index is 0.0982. The molecular formula is C8H4O8S2. The minimum Gasteiger partial charge on any atom is -0.477 e. The highest BCUT2D eigenvalue weighted by molar-refractivity contribution is 8.15. The van der Waals surface area contributed by atoms with Crippen LogP contribution in [0.25, 0.3) is 0 Å². The fourth-order valence-corrected chi connectivity index (χ4v) is 2.93. The quantitative estimate of drug-likeness (QED) is 0.567. The van der Waals surface area contributed by atoms with Crippen molar-refractivity contribution in [1.29, 1.82) is 0 Å². The van der Waals surface area contributed by atoms with Gasteiger partial charge in [0.05, 0.1) is 0 Å². The van der Waals surface area contributed by atoms with Gasteiger partial charge in [-0.25, -0.2) is 19.2 Å². The highest BCUT2D eigenvalue weighted by Crippen LogP contribution is 2.45. The van der Waals surface area contributed by atoms with E-state index < -0.39 is 43.5 Å². The molecule has 96 valence electrons. The van der Waals surface area contributed by atoms with Crippen molar-refractivity contribution in [3.05, 3.63) is 19.6 Å². The van der Waals surface area contributed by atoms with Crippen LogP contribution in [-0.2, 0) is 19.2 Å². The first kappa shape index (κ1) is 14.1. The van der Waals surface area contributed by atoms with Gasteiger partial charge in [0.2, 0.25) is 0 Å². The zero-order valence-corrected chi connectivity index (χ0v) is 9.87. The maximum absolute atomic E-state index is 10.8. The Morgan fingerprint density at radius 2 is 0.722 bits per heavy atom. The molecule has 1 aliphatic rings. The van der Waals surface area contributed by atoms with Crippen molar-refractivity contribution in [1.82, 2.24) is 0 Å². The maximum Gasteiger partial charge on any atom is 0.343 e. The first-order valence-electron chi connectivity index (χ1n) is 4.03. The zero-order valence-electron chi connectivity index (χ0n) is 8.24. The third kappa shape index (κ3) is 2.65. The Kier molecular flexibility index (Phi) is 4.03. The molecule has 0 spiro atoms. The standard InChI is InChI=1S/C8H4O8S2/c9-5(10)1-2(6(11)12)18-4(8(15)16)3(17-1)7(13)14/h(H,9,10)(H,11,12)(H,13,14)(H,15,16). The molecular weight excluding hydrogens is 288 g/mol. The van der Waals surface area contributed by atoms with Gasteiger partial charge < -0.3 is 20.4 Å². The number of aliphatic carboxylic acids is 4. The van der Waals surface area contributed by atoms with Crippen LogP contribution in [0.5, 0.6) is 0 Å². The van der Waals surface area contributed by atoms with Crippen LogP contribution in [0.1, 0.15) is 0 Å². The molecule has 0 atom stereocenters. The predicted molar refractivity (Wildman–Crippen MR) is 59.8 cm³/mol. The fraction of sp³-hybridized carbons (Fsp3) is 0. The summed E-state index contributed by atoms with van der Waals surface area (Å²) in [5.74, 6) is -6.53. The van der Waals surface area contributed by atoms with E-state index in [9.17, 15) is 19.2 Å². The molecule has 0 unspecified atom stereocenters. The fourth-order valence-electron chi connectivity index (χ4n) is 0.953. The summed E-state index contributed by atoms with van der Waals surface area (Å²) < 4.78 is 0. The van der Waals surface area contributed by atoms with Gasteiger partial charge in [-0.2, -0.15) is 0 Å². The Morgan fingerprint density at radius 1 is 0.556 bits per heavy atom. The van der Waals surface area contributed by atoms with Crippen LogP contribution in [0, 0.1) is 0 Å². The minimum atomic E-state index is -1.63. The summed E-state index contributed by atoms with van der Waals surface area (Å²) >= 11 is 0.196. The normalized spacial score (nSPS) is 15.6. The van der Waals surface area contributed by atoms with Gasteiger partial charge in [-0.3, -0.25) is 0 Å². The molecule has 0 aromatic heterocycles. The first-order chi connectivity index (χ1) is 8.25. The zero-order chi connectivity index (χ0) is 14.0. The maximum atomic E-state index is 10.8. The number of thioether (sulfide) groups is 2. The number of rotatable bonds is 4. The van der Waals surface area contributed by atoms with Crippen molar-refractivity contribution in [2.75, 3.05) is 0 Å². The molecule has 8 nitrogen and oxygen atoms in total. The van der Waals surface area contributed by atoms with Crippen molar-refractivity contribution >= 4 is 47.4 Å². The Hall–Kier alpha value is -1.94. The molecule has 10 heteroatoms. The summed E-state index contributed by atoms with van der Waals surface area (Å²) in [4.78, 5) is 40.3. The molecule has 0 fully saturated rings. The second kappa shape index (κ2) is 5.14. The molecule has 1 rings (SSSR count). The van der Waals surface area contributed by atoms with Gasteiger partial charge in [-0.05, 0) is 0 Å². The average Bonchev–Trinajstić information content (AvgIpc) is 2.26. The molecule has 0 bridgehead atoms. The molecule has 4 N–H and O–H groups in total. The second-order valence-electron chi connectivity index (χ2n) is 2.74. The van der Waals surface area contributed by atoms with Crippen LogP contribution in [0.15, 0.2) is 19.6 Å². The van der Waals surface area contributed by atoms with Gasteiger partial charge in [-0.1, -0.05) is 23.5 Å². The van der Waals surface area contributed by atoms with Crippen LogP contribution in [0.2, 0.25) is 0 Å². The summed E-state index contributed by atoms with van der Waals surface area (Å²) in [6.07, 6.45) is 0. The van der Waals surface area contributed by atoms with E-state index in [0.29, 0.717) is 0 Å². The van der Waals surface area contributed by atoms with E-state index in [1.165, 1.54) is 0 Å². The molecule has 0 aromatic rings. The monoisotopic (exact) mass is 292 g/mol. The highest BCUT2D eigenvalue weighted by atomic mass is 32.2. The van der Waals surface area contributed by atoms with Crippen LogP contribution in [-0.4, -0.2) is 44.3 Å². The molecule has 18 heavy (non-hydrogen) atoms. The Labute approximate surface area is 107 Å². The lowest BCUT2D eigenvalue weighted by molar-refractivity contribution is -0.135. The first-order valence-corrected chi connectivity index (χ1v) is 5.66. The van der Waals surface area contributed by atoms with Gasteiger partial charge in [0.25, 0.3) is 0 Å². The lowest BCUT2D eigenvalue weighted by atomic mass is 10.4. The van der Waals surface area contributed by atoms with Gasteiger partial charge >= 0.3 is 23.9 Å². The predicted octanol–water partition coefficient (Wildman–Crippen LogP) is 0.228. The van der Waals surface area contributed by atoms with Crippen molar-refractivity contribution in [3.63, 3.8) is 0 Å². The van der Waals surface area contributed by atoms with E-state index in [2.05, 4.69) is 0 Å². The lowest BCUT2D eigenvalue weighted by Crippen LogP contribution is -2.16.